The minimum atomic E-state index is -4.09. The van der Waals surface area contributed by atoms with Gasteiger partial charge in [0.25, 0.3) is 0 Å². The maximum atomic E-state index is 11.1. The van der Waals surface area contributed by atoms with Crippen LogP contribution in [0.3, 0.4) is 0 Å². The molecule has 0 amide bonds. The Bertz CT molecular complexity index is 574. The molecule has 150 valence electrons. The van der Waals surface area contributed by atoms with Crippen LogP contribution >= 0.6 is 0 Å². The Morgan fingerprint density at radius 1 is 0.962 bits per heavy atom. The summed E-state index contributed by atoms with van der Waals surface area (Å²) < 4.78 is 30.7. The van der Waals surface area contributed by atoms with Crippen molar-refractivity contribution in [1.29, 1.82) is 0 Å². The van der Waals surface area contributed by atoms with Gasteiger partial charge in [0.05, 0.1) is 12.7 Å². The monoisotopic (exact) mass is 391 g/mol. The van der Waals surface area contributed by atoms with Gasteiger partial charge in [-0.2, -0.15) is 18.6 Å². The van der Waals surface area contributed by atoms with Crippen LogP contribution in [-0.4, -0.2) is 32.0 Å². The van der Waals surface area contributed by atoms with Crippen molar-refractivity contribution in [2.24, 2.45) is 35.5 Å². The smallest absolute Gasteiger partial charge is 0.363 e. The van der Waals surface area contributed by atoms with E-state index < -0.39 is 16.2 Å². The number of nitrogens with two attached hydrogens (primary N) is 1. The SMILES string of the molecule is NOS(=O)(=O)OCC1CCC(OOC2(O)C3CC4CC(C3)CC2C4)CC1. The first-order valence-electron chi connectivity index (χ1n) is 9.72. The molecule has 5 rings (SSSR count). The molecule has 0 aromatic heterocycles. The van der Waals surface area contributed by atoms with Crippen LogP contribution in [0.4, 0.5) is 0 Å². The van der Waals surface area contributed by atoms with Crippen LogP contribution in [0.5, 0.6) is 0 Å². The molecule has 5 aliphatic carbocycles. The van der Waals surface area contributed by atoms with Gasteiger partial charge in [-0.05, 0) is 75.5 Å². The quantitative estimate of drug-likeness (QED) is 0.383. The van der Waals surface area contributed by atoms with Crippen molar-refractivity contribution >= 4 is 10.4 Å². The summed E-state index contributed by atoms with van der Waals surface area (Å²) >= 11 is 0. The second-order valence-electron chi connectivity index (χ2n) is 8.67. The maximum absolute atomic E-state index is 11.1. The first-order chi connectivity index (χ1) is 12.4. The predicted octanol–water partition coefficient (Wildman–Crippen LogP) is 1.79. The van der Waals surface area contributed by atoms with Gasteiger partial charge >= 0.3 is 10.4 Å². The molecule has 9 heteroatoms. The lowest BCUT2D eigenvalue weighted by molar-refractivity contribution is -0.481. The van der Waals surface area contributed by atoms with Crippen molar-refractivity contribution in [1.82, 2.24) is 0 Å². The number of hydrogen-bond donors (Lipinski definition) is 2. The number of hydrogen-bond acceptors (Lipinski definition) is 8. The summed E-state index contributed by atoms with van der Waals surface area (Å²) in [5.74, 6) is 5.54. The molecule has 0 aromatic rings. The average Bonchev–Trinajstić information content (AvgIpc) is 2.63. The van der Waals surface area contributed by atoms with Crippen LogP contribution in [0, 0.1) is 29.6 Å². The van der Waals surface area contributed by atoms with E-state index in [0.29, 0.717) is 0 Å². The normalized spacial score (nSPS) is 45.2. The second kappa shape index (κ2) is 7.27. The highest BCUT2D eigenvalue weighted by Gasteiger charge is 2.58. The van der Waals surface area contributed by atoms with E-state index in [1.807, 2.05) is 0 Å². The summed E-state index contributed by atoms with van der Waals surface area (Å²) in [5, 5.41) is 11.1. The standard InChI is InChI=1S/C17H29NO7S/c18-25-26(20,21)22-10-11-1-3-16(4-2-11)23-24-17(19)14-6-12-5-13(8-14)9-15(17)7-12/h11-16,19H,1-10,18H2. The van der Waals surface area contributed by atoms with Crippen LogP contribution in [0.2, 0.25) is 0 Å². The third-order valence-corrected chi connectivity index (χ3v) is 7.65. The summed E-state index contributed by atoms with van der Waals surface area (Å²) in [6, 6.07) is 0. The number of rotatable bonds is 7. The Morgan fingerprint density at radius 2 is 1.54 bits per heavy atom. The molecule has 0 aromatic carbocycles. The third kappa shape index (κ3) is 3.80. The molecule has 5 saturated carbocycles. The molecule has 0 atom stereocenters. The Labute approximate surface area is 154 Å². The van der Waals surface area contributed by atoms with Crippen LogP contribution in [-0.2, 0) is 28.6 Å². The summed E-state index contributed by atoms with van der Waals surface area (Å²) in [6.07, 6.45) is 8.47. The molecule has 8 nitrogen and oxygen atoms in total. The summed E-state index contributed by atoms with van der Waals surface area (Å²) in [4.78, 5) is 11.4. The highest BCUT2D eigenvalue weighted by Crippen LogP contribution is 2.58. The van der Waals surface area contributed by atoms with Gasteiger partial charge in [-0.25, -0.2) is 14.0 Å². The van der Waals surface area contributed by atoms with E-state index >= 15 is 0 Å². The first-order valence-corrected chi connectivity index (χ1v) is 11.1. The number of aliphatic hydroxyl groups is 1. The molecule has 0 aliphatic heterocycles. The van der Waals surface area contributed by atoms with Gasteiger partial charge in [0.15, 0.2) is 0 Å². The summed E-state index contributed by atoms with van der Waals surface area (Å²) in [5.41, 5.74) is 0. The van der Waals surface area contributed by atoms with Gasteiger partial charge in [-0.1, -0.05) is 0 Å². The first kappa shape index (κ1) is 19.0. The van der Waals surface area contributed by atoms with Crippen molar-refractivity contribution in [3.05, 3.63) is 0 Å². The minimum absolute atomic E-state index is 0.0595. The lowest BCUT2D eigenvalue weighted by atomic mass is 9.53. The van der Waals surface area contributed by atoms with Gasteiger partial charge < -0.3 is 5.11 Å². The van der Waals surface area contributed by atoms with E-state index in [1.54, 1.807) is 0 Å². The third-order valence-electron chi connectivity index (χ3n) is 6.99. The lowest BCUT2D eigenvalue weighted by Crippen LogP contribution is -2.59. The highest BCUT2D eigenvalue weighted by atomic mass is 32.3. The zero-order chi connectivity index (χ0) is 18.4. The highest BCUT2D eigenvalue weighted by molar-refractivity contribution is 7.81. The zero-order valence-electron chi connectivity index (χ0n) is 14.9. The minimum Gasteiger partial charge on any atom is -0.363 e. The second-order valence-corrected chi connectivity index (χ2v) is 9.91. The van der Waals surface area contributed by atoms with E-state index in [-0.39, 0.29) is 30.5 Å². The van der Waals surface area contributed by atoms with Crippen LogP contribution in [0.1, 0.15) is 57.8 Å². The fourth-order valence-electron chi connectivity index (χ4n) is 5.74. The van der Waals surface area contributed by atoms with Crippen LogP contribution in [0.15, 0.2) is 0 Å². The molecule has 0 unspecified atom stereocenters. The fraction of sp³-hybridized carbons (Fsp3) is 1.00. The lowest BCUT2D eigenvalue weighted by Gasteiger charge is -2.57. The van der Waals surface area contributed by atoms with Gasteiger partial charge in [0.2, 0.25) is 5.79 Å². The average molecular weight is 391 g/mol. The van der Waals surface area contributed by atoms with Crippen LogP contribution in [0.25, 0.3) is 0 Å². The van der Waals surface area contributed by atoms with E-state index in [4.69, 9.17) is 14.0 Å². The van der Waals surface area contributed by atoms with E-state index in [9.17, 15) is 13.5 Å². The molecule has 26 heavy (non-hydrogen) atoms. The molecule has 5 fully saturated rings. The molecular weight excluding hydrogens is 362 g/mol. The van der Waals surface area contributed by atoms with Crippen molar-refractivity contribution in [3.8, 4) is 0 Å². The van der Waals surface area contributed by atoms with Crippen molar-refractivity contribution in [3.63, 3.8) is 0 Å². The fourth-order valence-corrected chi connectivity index (χ4v) is 6.16. The van der Waals surface area contributed by atoms with Gasteiger partial charge in [0, 0.05) is 11.8 Å². The Balaban J connectivity index is 1.23. The van der Waals surface area contributed by atoms with Gasteiger partial charge in [-0.3, -0.25) is 0 Å². The molecular formula is C17H29NO7S. The Kier molecular flexibility index (Phi) is 5.33. The predicted molar refractivity (Wildman–Crippen MR) is 90.1 cm³/mol. The topological polar surface area (TPSA) is 117 Å². The maximum Gasteiger partial charge on any atom is 0.415 e. The Hall–Kier alpha value is -0.290. The Morgan fingerprint density at radius 3 is 2.08 bits per heavy atom. The zero-order valence-corrected chi connectivity index (χ0v) is 15.7. The molecule has 4 bridgehead atoms. The van der Waals surface area contributed by atoms with E-state index in [2.05, 4.69) is 10.2 Å². The molecule has 0 spiro atoms. The summed E-state index contributed by atoms with van der Waals surface area (Å²) in [6.45, 7) is 0.0595. The van der Waals surface area contributed by atoms with E-state index in [1.165, 1.54) is 6.42 Å². The van der Waals surface area contributed by atoms with Crippen molar-refractivity contribution in [2.45, 2.75) is 69.7 Å². The summed E-state index contributed by atoms with van der Waals surface area (Å²) in [7, 11) is -4.09. The van der Waals surface area contributed by atoms with Crippen molar-refractivity contribution in [2.75, 3.05) is 6.61 Å². The molecule has 3 N–H and O–H groups in total. The van der Waals surface area contributed by atoms with Crippen molar-refractivity contribution < 1.29 is 31.8 Å². The van der Waals surface area contributed by atoms with E-state index in [0.717, 1.165) is 63.2 Å². The molecule has 0 heterocycles. The van der Waals surface area contributed by atoms with Gasteiger partial charge in [0.1, 0.15) is 0 Å². The molecule has 0 radical (unpaired) electrons. The van der Waals surface area contributed by atoms with Gasteiger partial charge in [-0.15, -0.1) is 0 Å². The molecule has 5 aliphatic rings. The largest absolute Gasteiger partial charge is 0.415 e. The van der Waals surface area contributed by atoms with Crippen LogP contribution < -0.4 is 5.90 Å². The molecule has 0 saturated heterocycles.